The molecule has 0 amide bonds. The summed E-state index contributed by atoms with van der Waals surface area (Å²) >= 11 is 3.47. The molecule has 1 aromatic rings. The molecule has 1 aromatic carbocycles. The van der Waals surface area contributed by atoms with Crippen molar-refractivity contribution in [3.63, 3.8) is 0 Å². The quantitative estimate of drug-likeness (QED) is 0.419. The van der Waals surface area contributed by atoms with Crippen LogP contribution in [-0.4, -0.2) is 6.18 Å². The summed E-state index contributed by atoms with van der Waals surface area (Å²) in [6, 6.07) is 8.66. The Morgan fingerprint density at radius 2 is 1.48 bits per heavy atom. The number of rotatable bonds is 7. The second kappa shape index (κ2) is 9.10. The zero-order valence-electron chi connectivity index (χ0n) is 13.5. The van der Waals surface area contributed by atoms with Gasteiger partial charge >= 0.3 is 6.18 Å². The van der Waals surface area contributed by atoms with E-state index in [0.29, 0.717) is 18.8 Å². The Balaban J connectivity index is 1.57. The number of unbranched alkanes of at least 4 members (excludes halogenated alkanes) is 3. The van der Waals surface area contributed by atoms with E-state index in [1.165, 1.54) is 37.7 Å². The van der Waals surface area contributed by atoms with Crippen LogP contribution in [0.5, 0.6) is 0 Å². The molecule has 130 valence electrons. The van der Waals surface area contributed by atoms with Crippen LogP contribution in [0.25, 0.3) is 0 Å². The average molecular weight is 391 g/mol. The van der Waals surface area contributed by atoms with Gasteiger partial charge in [-0.1, -0.05) is 53.7 Å². The average Bonchev–Trinajstić information content (AvgIpc) is 2.51. The molecule has 0 heterocycles. The molecule has 2 rings (SSSR count). The highest BCUT2D eigenvalue weighted by atomic mass is 79.9. The first-order chi connectivity index (χ1) is 10.9. The lowest BCUT2D eigenvalue weighted by Gasteiger charge is -2.29. The molecule has 1 aliphatic carbocycles. The van der Waals surface area contributed by atoms with Crippen molar-refractivity contribution >= 4 is 15.9 Å². The first-order valence-corrected chi connectivity index (χ1v) is 9.55. The van der Waals surface area contributed by atoms with E-state index >= 15 is 0 Å². The van der Waals surface area contributed by atoms with E-state index in [9.17, 15) is 13.2 Å². The summed E-state index contributed by atoms with van der Waals surface area (Å²) in [5.74, 6) is 1.47. The molecular weight excluding hydrogens is 365 g/mol. The third-order valence-electron chi connectivity index (χ3n) is 5.01. The fourth-order valence-electron chi connectivity index (χ4n) is 3.63. The zero-order chi connectivity index (χ0) is 16.7. The molecule has 0 N–H and O–H groups in total. The highest BCUT2D eigenvalue weighted by Gasteiger charge is 2.26. The Morgan fingerprint density at radius 3 is 2.09 bits per heavy atom. The molecule has 0 nitrogen and oxygen atoms in total. The number of alkyl halides is 3. The number of benzene rings is 1. The maximum atomic E-state index is 12.1. The Bertz CT molecular complexity index is 445. The Hall–Kier alpha value is -0.510. The summed E-state index contributed by atoms with van der Waals surface area (Å²) in [4.78, 5) is 0. The van der Waals surface area contributed by atoms with Crippen molar-refractivity contribution in [3.05, 3.63) is 34.3 Å². The molecule has 0 radical (unpaired) electrons. The first-order valence-electron chi connectivity index (χ1n) is 8.76. The van der Waals surface area contributed by atoms with Crippen molar-refractivity contribution in [2.75, 3.05) is 0 Å². The summed E-state index contributed by atoms with van der Waals surface area (Å²) in [6.07, 6.45) is 4.67. The minimum Gasteiger partial charge on any atom is -0.171 e. The van der Waals surface area contributed by atoms with Gasteiger partial charge in [-0.3, -0.25) is 0 Å². The van der Waals surface area contributed by atoms with Gasteiger partial charge in [0.2, 0.25) is 0 Å². The maximum absolute atomic E-state index is 12.1. The number of hydrogen-bond donors (Lipinski definition) is 0. The van der Waals surface area contributed by atoms with Gasteiger partial charge in [0, 0.05) is 10.9 Å². The topological polar surface area (TPSA) is 0 Å². The van der Waals surface area contributed by atoms with Crippen LogP contribution in [0.1, 0.15) is 75.7 Å². The second-order valence-corrected chi connectivity index (χ2v) is 7.75. The summed E-state index contributed by atoms with van der Waals surface area (Å²) in [5.41, 5.74) is 1.44. The van der Waals surface area contributed by atoms with Crippen molar-refractivity contribution in [2.45, 2.75) is 76.3 Å². The third kappa shape index (κ3) is 7.28. The van der Waals surface area contributed by atoms with Gasteiger partial charge in [-0.2, -0.15) is 13.2 Å². The standard InChI is InChI=1S/C19H26BrF3/c20-18-12-10-17(11-13-18)16-8-6-15(7-9-16)5-3-1-2-4-14-19(21,22)23/h10-13,15-16H,1-9,14H2. The molecule has 0 spiro atoms. The van der Waals surface area contributed by atoms with Gasteiger partial charge in [0.05, 0.1) is 0 Å². The van der Waals surface area contributed by atoms with Gasteiger partial charge in [0.1, 0.15) is 0 Å². The van der Waals surface area contributed by atoms with Crippen LogP contribution in [0.2, 0.25) is 0 Å². The Morgan fingerprint density at radius 1 is 0.870 bits per heavy atom. The smallest absolute Gasteiger partial charge is 0.171 e. The molecule has 23 heavy (non-hydrogen) atoms. The normalized spacial score (nSPS) is 22.3. The molecule has 1 fully saturated rings. The Labute approximate surface area is 146 Å². The molecule has 1 saturated carbocycles. The summed E-state index contributed by atoms with van der Waals surface area (Å²) in [6.45, 7) is 0. The van der Waals surface area contributed by atoms with E-state index in [1.807, 2.05) is 0 Å². The summed E-state index contributed by atoms with van der Waals surface area (Å²) < 4.78 is 37.3. The molecule has 0 bridgehead atoms. The van der Waals surface area contributed by atoms with E-state index in [4.69, 9.17) is 0 Å². The molecule has 0 unspecified atom stereocenters. The van der Waals surface area contributed by atoms with Gasteiger partial charge in [0.25, 0.3) is 0 Å². The zero-order valence-corrected chi connectivity index (χ0v) is 15.1. The van der Waals surface area contributed by atoms with Gasteiger partial charge in [0.15, 0.2) is 0 Å². The van der Waals surface area contributed by atoms with E-state index in [0.717, 1.165) is 23.2 Å². The molecule has 4 heteroatoms. The van der Waals surface area contributed by atoms with E-state index in [2.05, 4.69) is 40.2 Å². The molecule has 1 aliphatic rings. The van der Waals surface area contributed by atoms with E-state index < -0.39 is 12.6 Å². The van der Waals surface area contributed by atoms with Gasteiger partial charge in [-0.15, -0.1) is 0 Å². The summed E-state index contributed by atoms with van der Waals surface area (Å²) in [7, 11) is 0. The molecule has 0 aromatic heterocycles. The monoisotopic (exact) mass is 390 g/mol. The fraction of sp³-hybridized carbons (Fsp3) is 0.684. The van der Waals surface area contributed by atoms with E-state index in [1.54, 1.807) is 0 Å². The van der Waals surface area contributed by atoms with Gasteiger partial charge < -0.3 is 0 Å². The first kappa shape index (κ1) is 18.8. The number of hydrogen-bond acceptors (Lipinski definition) is 0. The van der Waals surface area contributed by atoms with Crippen LogP contribution in [0, 0.1) is 5.92 Å². The van der Waals surface area contributed by atoms with E-state index in [-0.39, 0.29) is 0 Å². The predicted molar refractivity (Wildman–Crippen MR) is 92.6 cm³/mol. The largest absolute Gasteiger partial charge is 0.389 e. The molecular formula is C19H26BrF3. The second-order valence-electron chi connectivity index (χ2n) is 6.84. The number of halogens is 4. The van der Waals surface area contributed by atoms with Crippen LogP contribution in [0.15, 0.2) is 28.7 Å². The highest BCUT2D eigenvalue weighted by Crippen LogP contribution is 2.38. The van der Waals surface area contributed by atoms with Crippen molar-refractivity contribution in [1.82, 2.24) is 0 Å². The predicted octanol–water partition coefficient (Wildman–Crippen LogP) is 7.63. The van der Waals surface area contributed by atoms with Crippen molar-refractivity contribution in [1.29, 1.82) is 0 Å². The Kier molecular flexibility index (Phi) is 7.45. The van der Waals surface area contributed by atoms with Gasteiger partial charge in [-0.25, -0.2) is 0 Å². The third-order valence-corrected chi connectivity index (χ3v) is 5.54. The summed E-state index contributed by atoms with van der Waals surface area (Å²) in [5, 5.41) is 0. The van der Waals surface area contributed by atoms with Crippen LogP contribution in [0.3, 0.4) is 0 Å². The van der Waals surface area contributed by atoms with Crippen LogP contribution < -0.4 is 0 Å². The minimum atomic E-state index is -3.98. The maximum Gasteiger partial charge on any atom is 0.389 e. The highest BCUT2D eigenvalue weighted by molar-refractivity contribution is 9.10. The van der Waals surface area contributed by atoms with Crippen LogP contribution in [0.4, 0.5) is 13.2 Å². The van der Waals surface area contributed by atoms with Crippen molar-refractivity contribution in [2.24, 2.45) is 5.92 Å². The van der Waals surface area contributed by atoms with Crippen molar-refractivity contribution < 1.29 is 13.2 Å². The lowest BCUT2D eigenvalue weighted by molar-refractivity contribution is -0.135. The van der Waals surface area contributed by atoms with Crippen molar-refractivity contribution in [3.8, 4) is 0 Å². The SMILES string of the molecule is FC(F)(F)CCCCCCC1CCC(c2ccc(Br)cc2)CC1. The minimum absolute atomic E-state index is 0.291. The van der Waals surface area contributed by atoms with Crippen LogP contribution >= 0.6 is 15.9 Å². The molecule has 0 atom stereocenters. The lowest BCUT2D eigenvalue weighted by atomic mass is 9.77. The van der Waals surface area contributed by atoms with Crippen LogP contribution in [-0.2, 0) is 0 Å². The van der Waals surface area contributed by atoms with Gasteiger partial charge in [-0.05, 0) is 61.6 Å². The molecule has 0 saturated heterocycles. The fourth-order valence-corrected chi connectivity index (χ4v) is 3.90. The lowest BCUT2D eigenvalue weighted by Crippen LogP contribution is -2.13. The molecule has 0 aliphatic heterocycles.